The molecular weight excluding hydrogens is 508 g/mol. The summed E-state index contributed by atoms with van der Waals surface area (Å²) in [6, 6.07) is 4.38. The number of fused-ring (bicyclic) bond motifs is 1. The second-order valence-electron chi connectivity index (χ2n) is 9.07. The molecule has 2 aromatic rings. The zero-order chi connectivity index (χ0) is 26.9. The fourth-order valence-corrected chi connectivity index (χ4v) is 6.41. The van der Waals surface area contributed by atoms with Gasteiger partial charge in [-0.05, 0) is 67.9 Å². The quantitative estimate of drug-likeness (QED) is 0.540. The molecule has 37 heavy (non-hydrogen) atoms. The van der Waals surface area contributed by atoms with Gasteiger partial charge in [-0.15, -0.1) is 0 Å². The minimum atomic E-state index is -4.01. The van der Waals surface area contributed by atoms with Gasteiger partial charge in [0.05, 0.1) is 14.2 Å². The van der Waals surface area contributed by atoms with Crippen molar-refractivity contribution in [3.05, 3.63) is 58.7 Å². The number of halogens is 2. The lowest BCUT2D eigenvalue weighted by atomic mass is 9.91. The van der Waals surface area contributed by atoms with Gasteiger partial charge in [-0.1, -0.05) is 0 Å². The molecule has 9 nitrogen and oxygen atoms in total. The summed E-state index contributed by atoms with van der Waals surface area (Å²) in [4.78, 5) is 29.4. The highest BCUT2D eigenvalue weighted by molar-refractivity contribution is 7.89. The molecule has 2 aromatic carbocycles. The number of rotatable bonds is 5. The van der Waals surface area contributed by atoms with Crippen LogP contribution in [0.3, 0.4) is 0 Å². The number of methoxy groups -OCH3 is 2. The number of ether oxygens (including phenoxy) is 2. The van der Waals surface area contributed by atoms with Crippen LogP contribution in [-0.2, 0) is 26.0 Å². The number of amides is 1. The molecule has 200 valence electrons. The van der Waals surface area contributed by atoms with Crippen LogP contribution in [0, 0.1) is 11.6 Å². The number of esters is 1. The van der Waals surface area contributed by atoms with Crippen LogP contribution in [0.25, 0.3) is 0 Å². The number of nitrogens with zero attached hydrogens (tertiary/aromatic N) is 3. The van der Waals surface area contributed by atoms with Crippen LogP contribution >= 0.6 is 0 Å². The zero-order valence-corrected chi connectivity index (χ0v) is 21.7. The first-order valence-corrected chi connectivity index (χ1v) is 13.3. The number of sulfonamides is 1. The van der Waals surface area contributed by atoms with E-state index in [1.807, 2.05) is 7.05 Å². The maximum absolute atomic E-state index is 13.8. The fourth-order valence-electron chi connectivity index (χ4n) is 4.77. The van der Waals surface area contributed by atoms with E-state index >= 15 is 0 Å². The van der Waals surface area contributed by atoms with E-state index in [1.165, 1.54) is 22.4 Å². The molecule has 4 rings (SSSR count). The molecule has 0 aliphatic carbocycles. The predicted molar refractivity (Wildman–Crippen MR) is 130 cm³/mol. The van der Waals surface area contributed by atoms with Gasteiger partial charge in [0.2, 0.25) is 10.0 Å². The SMILES string of the molecule is COC(=O)C1c2cc(S(=O)(=O)N3CCCN(C)CC3)c(OC)cc2CCN1C(=O)c1ccc(F)c(F)c1. The number of carbonyl (C=O) groups excluding carboxylic acids is 2. The summed E-state index contributed by atoms with van der Waals surface area (Å²) in [7, 11) is 0.449. The zero-order valence-electron chi connectivity index (χ0n) is 20.9. The van der Waals surface area contributed by atoms with Crippen LogP contribution in [0.5, 0.6) is 5.75 Å². The molecule has 2 heterocycles. The summed E-state index contributed by atoms with van der Waals surface area (Å²) in [6.45, 7) is 2.01. The van der Waals surface area contributed by atoms with Crippen molar-refractivity contribution in [3.8, 4) is 5.75 Å². The molecule has 2 aliphatic heterocycles. The Morgan fingerprint density at radius 1 is 0.973 bits per heavy atom. The minimum absolute atomic E-state index is 0.0678. The lowest BCUT2D eigenvalue weighted by molar-refractivity contribution is -0.146. The number of hydrogen-bond acceptors (Lipinski definition) is 7. The van der Waals surface area contributed by atoms with Gasteiger partial charge in [0.15, 0.2) is 17.7 Å². The van der Waals surface area contributed by atoms with Crippen molar-refractivity contribution < 1.29 is 36.3 Å². The Morgan fingerprint density at radius 2 is 1.73 bits per heavy atom. The highest BCUT2D eigenvalue weighted by Crippen LogP contribution is 2.39. The summed E-state index contributed by atoms with van der Waals surface area (Å²) in [6.07, 6.45) is 0.938. The lowest BCUT2D eigenvalue weighted by Crippen LogP contribution is -2.44. The van der Waals surface area contributed by atoms with Gasteiger partial charge in [0, 0.05) is 31.7 Å². The van der Waals surface area contributed by atoms with Crippen molar-refractivity contribution in [1.82, 2.24) is 14.1 Å². The summed E-state index contributed by atoms with van der Waals surface area (Å²) in [5.41, 5.74) is 0.753. The molecular formula is C25H29F2N3O6S. The minimum Gasteiger partial charge on any atom is -0.495 e. The maximum atomic E-state index is 13.8. The van der Waals surface area contributed by atoms with E-state index in [2.05, 4.69) is 4.90 Å². The Hall–Kier alpha value is -3.09. The molecule has 0 saturated carbocycles. The van der Waals surface area contributed by atoms with Crippen molar-refractivity contribution in [2.45, 2.75) is 23.8 Å². The van der Waals surface area contributed by atoms with Gasteiger partial charge in [0.25, 0.3) is 5.91 Å². The Labute approximate surface area is 214 Å². The molecule has 1 atom stereocenters. The largest absolute Gasteiger partial charge is 0.495 e. The summed E-state index contributed by atoms with van der Waals surface area (Å²) >= 11 is 0. The third kappa shape index (κ3) is 5.18. The normalized spacial score (nSPS) is 19.2. The van der Waals surface area contributed by atoms with E-state index in [-0.39, 0.29) is 34.7 Å². The lowest BCUT2D eigenvalue weighted by Gasteiger charge is -2.36. The molecule has 1 saturated heterocycles. The summed E-state index contributed by atoms with van der Waals surface area (Å²) in [5.74, 6) is -3.66. The first-order valence-electron chi connectivity index (χ1n) is 11.8. The standard InChI is InChI=1S/C25H29F2N3O6S/c1-28-8-4-9-29(12-11-28)37(33,34)22-15-18-16(14-21(22)35-2)7-10-30(23(18)25(32)36-3)24(31)17-5-6-19(26)20(27)13-17/h5-6,13-15,23H,4,7-12H2,1-3H3. The van der Waals surface area contributed by atoms with Gasteiger partial charge < -0.3 is 19.3 Å². The van der Waals surface area contributed by atoms with Crippen LogP contribution in [0.1, 0.15) is 33.9 Å². The van der Waals surface area contributed by atoms with E-state index in [9.17, 15) is 26.8 Å². The monoisotopic (exact) mass is 537 g/mol. The van der Waals surface area contributed by atoms with Gasteiger partial charge in [0.1, 0.15) is 10.6 Å². The van der Waals surface area contributed by atoms with Crippen LogP contribution in [0.4, 0.5) is 8.78 Å². The average molecular weight is 538 g/mol. The van der Waals surface area contributed by atoms with Crippen molar-refractivity contribution in [3.63, 3.8) is 0 Å². The Morgan fingerprint density at radius 3 is 2.41 bits per heavy atom. The van der Waals surface area contributed by atoms with Gasteiger partial charge >= 0.3 is 5.97 Å². The van der Waals surface area contributed by atoms with E-state index in [0.29, 0.717) is 31.6 Å². The van der Waals surface area contributed by atoms with Crippen LogP contribution in [-0.4, -0.2) is 88.4 Å². The smallest absolute Gasteiger partial charge is 0.333 e. The molecule has 1 unspecified atom stereocenters. The van der Waals surface area contributed by atoms with E-state index in [1.54, 1.807) is 6.07 Å². The molecule has 0 bridgehead atoms. The fraction of sp³-hybridized carbons (Fsp3) is 0.440. The Balaban J connectivity index is 1.79. The van der Waals surface area contributed by atoms with E-state index in [4.69, 9.17) is 9.47 Å². The number of benzene rings is 2. The third-order valence-corrected chi connectivity index (χ3v) is 8.72. The number of hydrogen-bond donors (Lipinski definition) is 0. The molecule has 0 N–H and O–H groups in total. The molecule has 0 radical (unpaired) electrons. The van der Waals surface area contributed by atoms with Crippen molar-refractivity contribution >= 4 is 21.9 Å². The van der Waals surface area contributed by atoms with Crippen molar-refractivity contribution in [2.24, 2.45) is 0 Å². The highest BCUT2D eigenvalue weighted by atomic mass is 32.2. The summed E-state index contributed by atoms with van der Waals surface area (Å²) < 4.78 is 66.5. The maximum Gasteiger partial charge on any atom is 0.333 e. The van der Waals surface area contributed by atoms with Crippen molar-refractivity contribution in [1.29, 1.82) is 0 Å². The average Bonchev–Trinajstić information content (AvgIpc) is 3.12. The van der Waals surface area contributed by atoms with Gasteiger partial charge in [-0.2, -0.15) is 4.31 Å². The van der Waals surface area contributed by atoms with Crippen LogP contribution in [0.15, 0.2) is 35.2 Å². The highest BCUT2D eigenvalue weighted by Gasteiger charge is 2.40. The molecule has 2 aliphatic rings. The first kappa shape index (κ1) is 27.0. The van der Waals surface area contributed by atoms with Crippen LogP contribution < -0.4 is 4.74 Å². The second-order valence-corrected chi connectivity index (χ2v) is 11.0. The Bertz CT molecular complexity index is 1320. The third-order valence-electron chi connectivity index (χ3n) is 6.80. The van der Waals surface area contributed by atoms with Gasteiger partial charge in [-0.3, -0.25) is 4.79 Å². The number of carbonyl (C=O) groups is 2. The Kier molecular flexibility index (Phi) is 7.81. The molecule has 12 heteroatoms. The molecule has 0 spiro atoms. The first-order chi connectivity index (χ1) is 17.6. The predicted octanol–water partition coefficient (Wildman–Crippen LogP) is 2.21. The summed E-state index contributed by atoms with van der Waals surface area (Å²) in [5, 5.41) is 0. The second kappa shape index (κ2) is 10.7. The van der Waals surface area contributed by atoms with E-state index < -0.39 is 39.6 Å². The molecule has 1 fully saturated rings. The number of likely N-dealkylation sites (N-methyl/N-ethyl adjacent to an activating group) is 1. The molecule has 1 amide bonds. The van der Waals surface area contributed by atoms with Gasteiger partial charge in [-0.25, -0.2) is 22.0 Å². The van der Waals surface area contributed by atoms with Crippen molar-refractivity contribution in [2.75, 3.05) is 54.0 Å². The molecule has 0 aromatic heterocycles. The topological polar surface area (TPSA) is 96.5 Å². The van der Waals surface area contributed by atoms with Crippen LogP contribution in [0.2, 0.25) is 0 Å². The van der Waals surface area contributed by atoms with E-state index in [0.717, 1.165) is 31.9 Å².